The van der Waals surface area contributed by atoms with Crippen molar-refractivity contribution in [2.24, 2.45) is 5.92 Å². The van der Waals surface area contributed by atoms with Crippen molar-refractivity contribution in [1.82, 2.24) is 25.4 Å². The Balaban J connectivity index is 1.55. The van der Waals surface area contributed by atoms with Crippen molar-refractivity contribution >= 4 is 16.8 Å². The van der Waals surface area contributed by atoms with Gasteiger partial charge >= 0.3 is 0 Å². The number of nitrogens with one attached hydrogen (secondary N) is 2. The molecule has 0 saturated carbocycles. The third kappa shape index (κ3) is 4.03. The second-order valence-electron chi connectivity index (χ2n) is 7.25. The van der Waals surface area contributed by atoms with E-state index >= 15 is 0 Å². The van der Waals surface area contributed by atoms with E-state index < -0.39 is 6.04 Å². The number of rotatable bonds is 7. The summed E-state index contributed by atoms with van der Waals surface area (Å²) in [5.74, 6) is 1.38. The highest BCUT2D eigenvalue weighted by Crippen LogP contribution is 2.25. The Morgan fingerprint density at radius 2 is 2.00 bits per heavy atom. The van der Waals surface area contributed by atoms with Crippen LogP contribution in [0.4, 0.5) is 0 Å². The molecule has 154 valence electrons. The zero-order chi connectivity index (χ0) is 21.1. The number of benzene rings is 1. The number of amides is 1. The first-order valence-electron chi connectivity index (χ1n) is 9.85. The van der Waals surface area contributed by atoms with E-state index in [9.17, 15) is 4.79 Å². The zero-order valence-corrected chi connectivity index (χ0v) is 17.0. The molecule has 0 spiro atoms. The summed E-state index contributed by atoms with van der Waals surface area (Å²) in [5.41, 5.74) is 2.10. The van der Waals surface area contributed by atoms with Crippen LogP contribution in [0.1, 0.15) is 43.2 Å². The molecule has 2 N–H and O–H groups in total. The van der Waals surface area contributed by atoms with Crippen molar-refractivity contribution < 1.29 is 14.1 Å². The van der Waals surface area contributed by atoms with Crippen LogP contribution in [0.15, 0.2) is 53.3 Å². The molecule has 0 radical (unpaired) electrons. The lowest BCUT2D eigenvalue weighted by molar-refractivity contribution is 0.0909. The standard InChI is InChI=1S/C22H23N5O3/c1-4-29-16-6-5-15-11-18(24-17(15)12-16)21(28)25-19(13(2)3)22-26-20(27-30-22)14-7-9-23-10-8-14/h5-13,19,24H,4H2,1-3H3,(H,25,28). The Kier molecular flexibility index (Phi) is 5.47. The molecule has 3 aromatic heterocycles. The minimum absolute atomic E-state index is 0.0497. The summed E-state index contributed by atoms with van der Waals surface area (Å²) in [4.78, 5) is 24.5. The maximum atomic E-state index is 12.9. The Labute approximate surface area is 173 Å². The number of fused-ring (bicyclic) bond motifs is 1. The average Bonchev–Trinajstić information content (AvgIpc) is 3.39. The molecule has 30 heavy (non-hydrogen) atoms. The topological polar surface area (TPSA) is 106 Å². The van der Waals surface area contributed by atoms with Crippen LogP contribution in [0.25, 0.3) is 22.3 Å². The molecule has 4 rings (SSSR count). The van der Waals surface area contributed by atoms with Gasteiger partial charge in [0.05, 0.1) is 6.61 Å². The van der Waals surface area contributed by atoms with Crippen LogP contribution in [0.5, 0.6) is 5.75 Å². The fourth-order valence-corrected chi connectivity index (χ4v) is 3.20. The van der Waals surface area contributed by atoms with Crippen molar-refractivity contribution in [2.75, 3.05) is 6.61 Å². The molecule has 0 aliphatic heterocycles. The number of ether oxygens (including phenoxy) is 1. The van der Waals surface area contributed by atoms with E-state index in [1.165, 1.54) is 0 Å². The summed E-state index contributed by atoms with van der Waals surface area (Å²) in [6.45, 7) is 6.49. The molecule has 8 nitrogen and oxygen atoms in total. The molecule has 0 aliphatic carbocycles. The number of hydrogen-bond acceptors (Lipinski definition) is 6. The lowest BCUT2D eigenvalue weighted by Crippen LogP contribution is -2.32. The van der Waals surface area contributed by atoms with Gasteiger partial charge in [-0.1, -0.05) is 19.0 Å². The van der Waals surface area contributed by atoms with Gasteiger partial charge in [-0.2, -0.15) is 4.98 Å². The lowest BCUT2D eigenvalue weighted by atomic mass is 10.0. The quantitative estimate of drug-likeness (QED) is 0.479. The van der Waals surface area contributed by atoms with Crippen molar-refractivity contribution in [2.45, 2.75) is 26.8 Å². The molecular weight excluding hydrogens is 382 g/mol. The highest BCUT2D eigenvalue weighted by atomic mass is 16.5. The maximum absolute atomic E-state index is 12.9. The summed E-state index contributed by atoms with van der Waals surface area (Å²) in [7, 11) is 0. The Morgan fingerprint density at radius 3 is 2.73 bits per heavy atom. The van der Waals surface area contributed by atoms with Crippen molar-refractivity contribution in [3.05, 3.63) is 60.4 Å². The summed E-state index contributed by atoms with van der Waals surface area (Å²) < 4.78 is 11.0. The second-order valence-corrected chi connectivity index (χ2v) is 7.25. The molecular formula is C22H23N5O3. The van der Waals surface area contributed by atoms with E-state index in [1.807, 2.05) is 45.0 Å². The molecule has 3 heterocycles. The minimum Gasteiger partial charge on any atom is -0.494 e. The monoisotopic (exact) mass is 405 g/mol. The van der Waals surface area contributed by atoms with Crippen LogP contribution in [0, 0.1) is 5.92 Å². The number of nitrogens with zero attached hydrogens (tertiary/aromatic N) is 3. The van der Waals surface area contributed by atoms with Gasteiger partial charge in [0.2, 0.25) is 11.7 Å². The number of H-pyrrole nitrogens is 1. The van der Waals surface area contributed by atoms with Gasteiger partial charge in [-0.25, -0.2) is 0 Å². The number of carbonyl (C=O) groups excluding carboxylic acids is 1. The molecule has 0 bridgehead atoms. The Morgan fingerprint density at radius 1 is 1.20 bits per heavy atom. The molecule has 8 heteroatoms. The number of hydrogen-bond donors (Lipinski definition) is 2. The van der Waals surface area contributed by atoms with Gasteiger partial charge in [0.15, 0.2) is 0 Å². The van der Waals surface area contributed by atoms with Crippen molar-refractivity contribution in [3.8, 4) is 17.1 Å². The fraction of sp³-hybridized carbons (Fsp3) is 0.273. The first-order chi connectivity index (χ1) is 14.5. The van der Waals surface area contributed by atoms with Gasteiger partial charge in [-0.05, 0) is 43.2 Å². The number of pyridine rings is 1. The zero-order valence-electron chi connectivity index (χ0n) is 17.0. The molecule has 4 aromatic rings. The van der Waals surface area contributed by atoms with Gasteiger partial charge in [-0.3, -0.25) is 9.78 Å². The predicted octanol–water partition coefficient (Wildman–Crippen LogP) is 4.14. The second kappa shape index (κ2) is 8.36. The molecule has 1 aromatic carbocycles. The minimum atomic E-state index is -0.425. The van der Waals surface area contributed by atoms with Gasteiger partial charge in [-0.15, -0.1) is 0 Å². The lowest BCUT2D eigenvalue weighted by Gasteiger charge is -2.18. The van der Waals surface area contributed by atoms with Crippen LogP contribution in [0.3, 0.4) is 0 Å². The first kappa shape index (κ1) is 19.6. The molecule has 0 saturated heterocycles. The van der Waals surface area contributed by atoms with Crippen molar-refractivity contribution in [1.29, 1.82) is 0 Å². The van der Waals surface area contributed by atoms with E-state index in [2.05, 4.69) is 25.4 Å². The smallest absolute Gasteiger partial charge is 0.268 e. The highest BCUT2D eigenvalue weighted by Gasteiger charge is 2.26. The highest BCUT2D eigenvalue weighted by molar-refractivity contribution is 5.98. The number of aromatic amines is 1. The third-order valence-electron chi connectivity index (χ3n) is 4.75. The van der Waals surface area contributed by atoms with Gasteiger partial charge in [0.1, 0.15) is 17.5 Å². The maximum Gasteiger partial charge on any atom is 0.268 e. The van der Waals surface area contributed by atoms with E-state index in [4.69, 9.17) is 9.26 Å². The van der Waals surface area contributed by atoms with Crippen LogP contribution in [-0.4, -0.2) is 32.6 Å². The molecule has 1 unspecified atom stereocenters. The third-order valence-corrected chi connectivity index (χ3v) is 4.75. The summed E-state index contributed by atoms with van der Waals surface area (Å²) in [6, 6.07) is 10.7. The molecule has 1 atom stereocenters. The largest absolute Gasteiger partial charge is 0.494 e. The van der Waals surface area contributed by atoms with Gasteiger partial charge in [0, 0.05) is 34.9 Å². The Hall–Kier alpha value is -3.68. The summed E-state index contributed by atoms with van der Waals surface area (Å²) in [5, 5.41) is 7.98. The molecule has 0 fully saturated rings. The Bertz CT molecular complexity index is 1150. The molecule has 1 amide bonds. The fourth-order valence-electron chi connectivity index (χ4n) is 3.20. The van der Waals surface area contributed by atoms with Gasteiger partial charge < -0.3 is 19.6 Å². The average molecular weight is 405 g/mol. The van der Waals surface area contributed by atoms with Crippen LogP contribution < -0.4 is 10.1 Å². The summed E-state index contributed by atoms with van der Waals surface area (Å²) in [6.07, 6.45) is 3.33. The van der Waals surface area contributed by atoms with Gasteiger partial charge in [0.25, 0.3) is 5.91 Å². The number of aromatic nitrogens is 4. The summed E-state index contributed by atoms with van der Waals surface area (Å²) >= 11 is 0. The van der Waals surface area contributed by atoms with Crippen molar-refractivity contribution in [3.63, 3.8) is 0 Å². The molecule has 0 aliphatic rings. The van der Waals surface area contributed by atoms with E-state index in [-0.39, 0.29) is 11.8 Å². The SMILES string of the molecule is CCOc1ccc2cc(C(=O)NC(c3nc(-c4ccncc4)no3)C(C)C)[nH]c2c1. The van der Waals surface area contributed by atoms with E-state index in [1.54, 1.807) is 24.5 Å². The van der Waals surface area contributed by atoms with Crippen LogP contribution >= 0.6 is 0 Å². The predicted molar refractivity (Wildman–Crippen MR) is 112 cm³/mol. The first-order valence-corrected chi connectivity index (χ1v) is 9.85. The van der Waals surface area contributed by atoms with E-state index in [0.717, 1.165) is 22.2 Å². The number of carbonyl (C=O) groups is 1. The normalized spacial score (nSPS) is 12.3. The van der Waals surface area contributed by atoms with Crippen LogP contribution in [0.2, 0.25) is 0 Å². The van der Waals surface area contributed by atoms with Crippen LogP contribution in [-0.2, 0) is 0 Å². The van der Waals surface area contributed by atoms with E-state index in [0.29, 0.717) is 24.0 Å².